The molecule has 6 heteroatoms. The van der Waals surface area contributed by atoms with Gasteiger partial charge in [-0.05, 0) is 19.8 Å². The number of rotatable bonds is 4. The number of carbonyl (C=O) groups is 2. The maximum Gasteiger partial charge on any atom is 0.320 e. The molecule has 1 heterocycles. The highest BCUT2D eigenvalue weighted by atomic mass is 16.5. The first-order valence-corrected chi connectivity index (χ1v) is 6.20. The Bertz CT molecular complexity index is 308. The molecule has 104 valence electrons. The van der Waals surface area contributed by atoms with Crippen molar-refractivity contribution in [1.82, 2.24) is 9.80 Å². The topological polar surface area (TPSA) is 70.1 Å². The fourth-order valence-corrected chi connectivity index (χ4v) is 2.12. The minimum atomic E-state index is -0.819. The second kappa shape index (κ2) is 6.58. The van der Waals surface area contributed by atoms with Gasteiger partial charge in [0, 0.05) is 27.2 Å². The van der Waals surface area contributed by atoms with Crippen molar-refractivity contribution in [2.45, 2.75) is 25.8 Å². The van der Waals surface area contributed by atoms with Crippen LogP contribution in [-0.4, -0.2) is 66.8 Å². The van der Waals surface area contributed by atoms with Crippen LogP contribution in [0.1, 0.15) is 19.8 Å². The highest BCUT2D eigenvalue weighted by Crippen LogP contribution is 2.18. The maximum absolute atomic E-state index is 12.2. The van der Waals surface area contributed by atoms with E-state index in [1.165, 1.54) is 0 Å². The Morgan fingerprint density at radius 1 is 1.56 bits per heavy atom. The predicted octanol–water partition coefficient (Wildman–Crippen LogP) is 0.870. The summed E-state index contributed by atoms with van der Waals surface area (Å²) in [5.41, 5.74) is 0. The van der Waals surface area contributed by atoms with Crippen molar-refractivity contribution in [3.8, 4) is 0 Å². The smallest absolute Gasteiger partial charge is 0.320 e. The normalized spacial score (nSPS) is 21.5. The van der Waals surface area contributed by atoms with E-state index in [9.17, 15) is 9.59 Å². The van der Waals surface area contributed by atoms with Crippen molar-refractivity contribution in [2.24, 2.45) is 5.92 Å². The number of urea groups is 1. The van der Waals surface area contributed by atoms with Crippen molar-refractivity contribution >= 4 is 12.0 Å². The number of carboxylic acids is 1. The third-order valence-electron chi connectivity index (χ3n) is 3.41. The zero-order chi connectivity index (χ0) is 13.7. The quantitative estimate of drug-likeness (QED) is 0.812. The maximum atomic E-state index is 12.2. The fraction of sp³-hybridized carbons (Fsp3) is 0.833. The lowest BCUT2D eigenvalue weighted by Gasteiger charge is -2.35. The molecule has 0 aromatic heterocycles. The molecule has 0 radical (unpaired) electrons. The number of piperidine rings is 1. The molecule has 2 atom stereocenters. The third kappa shape index (κ3) is 3.60. The Morgan fingerprint density at radius 3 is 2.78 bits per heavy atom. The van der Waals surface area contributed by atoms with E-state index >= 15 is 0 Å². The number of ether oxygens (including phenoxy) is 1. The minimum absolute atomic E-state index is 0.0206. The summed E-state index contributed by atoms with van der Waals surface area (Å²) >= 11 is 0. The lowest BCUT2D eigenvalue weighted by molar-refractivity contribution is -0.143. The Morgan fingerprint density at radius 2 is 2.22 bits per heavy atom. The summed E-state index contributed by atoms with van der Waals surface area (Å²) in [5.74, 6) is -1.26. The minimum Gasteiger partial charge on any atom is -0.481 e. The Balaban J connectivity index is 2.57. The molecule has 0 aromatic rings. The monoisotopic (exact) mass is 258 g/mol. The molecule has 1 rings (SSSR count). The summed E-state index contributed by atoms with van der Waals surface area (Å²) in [7, 11) is 3.31. The van der Waals surface area contributed by atoms with E-state index in [0.29, 0.717) is 26.1 Å². The van der Waals surface area contributed by atoms with Crippen LogP contribution in [0, 0.1) is 5.92 Å². The van der Waals surface area contributed by atoms with Gasteiger partial charge in [-0.1, -0.05) is 0 Å². The number of carbonyl (C=O) groups excluding carboxylic acids is 1. The molecule has 0 saturated carbocycles. The van der Waals surface area contributed by atoms with Crippen LogP contribution in [0.2, 0.25) is 0 Å². The molecule has 0 bridgehead atoms. The second-order valence-corrected chi connectivity index (χ2v) is 4.82. The van der Waals surface area contributed by atoms with Crippen LogP contribution < -0.4 is 0 Å². The molecule has 2 unspecified atom stereocenters. The van der Waals surface area contributed by atoms with Gasteiger partial charge in [-0.15, -0.1) is 0 Å². The molecule has 1 saturated heterocycles. The number of aliphatic carboxylic acids is 1. The number of likely N-dealkylation sites (tertiary alicyclic amines) is 1. The van der Waals surface area contributed by atoms with Crippen LogP contribution in [0.15, 0.2) is 0 Å². The van der Waals surface area contributed by atoms with Gasteiger partial charge in [0.2, 0.25) is 0 Å². The van der Waals surface area contributed by atoms with Crippen molar-refractivity contribution in [3.63, 3.8) is 0 Å². The summed E-state index contributed by atoms with van der Waals surface area (Å²) in [6.07, 6.45) is 1.39. The van der Waals surface area contributed by atoms with E-state index in [1.807, 2.05) is 6.92 Å². The molecular formula is C12H22N2O4. The van der Waals surface area contributed by atoms with E-state index in [4.69, 9.17) is 9.84 Å². The zero-order valence-corrected chi connectivity index (χ0v) is 11.3. The van der Waals surface area contributed by atoms with Crippen molar-refractivity contribution < 1.29 is 19.4 Å². The summed E-state index contributed by atoms with van der Waals surface area (Å²) < 4.78 is 5.02. The van der Waals surface area contributed by atoms with Gasteiger partial charge >= 0.3 is 12.0 Å². The summed E-state index contributed by atoms with van der Waals surface area (Å²) in [4.78, 5) is 26.4. The molecule has 18 heavy (non-hydrogen) atoms. The molecular weight excluding hydrogens is 236 g/mol. The third-order valence-corrected chi connectivity index (χ3v) is 3.41. The van der Waals surface area contributed by atoms with Crippen molar-refractivity contribution in [3.05, 3.63) is 0 Å². The number of nitrogens with zero attached hydrogens (tertiary/aromatic N) is 2. The standard InChI is InChI=1S/C12H22N2O4/c1-9(8-18-3)13(2)12(17)14-6-4-5-10(7-14)11(15)16/h9-10H,4-8H2,1-3H3,(H,15,16). The largest absolute Gasteiger partial charge is 0.481 e. The molecule has 1 N–H and O–H groups in total. The number of likely N-dealkylation sites (N-methyl/N-ethyl adjacent to an activating group) is 1. The van der Waals surface area contributed by atoms with Gasteiger partial charge in [0.25, 0.3) is 0 Å². The SMILES string of the molecule is COCC(C)N(C)C(=O)N1CCCC(C(=O)O)C1. The van der Waals surface area contributed by atoms with Gasteiger partial charge in [-0.25, -0.2) is 4.79 Å². The average molecular weight is 258 g/mol. The van der Waals surface area contributed by atoms with Gasteiger partial charge in [0.05, 0.1) is 18.6 Å². The van der Waals surface area contributed by atoms with Gasteiger partial charge in [-0.2, -0.15) is 0 Å². The average Bonchev–Trinajstić information content (AvgIpc) is 2.37. The molecule has 0 aromatic carbocycles. The van der Waals surface area contributed by atoms with Gasteiger partial charge < -0.3 is 19.6 Å². The molecule has 1 fully saturated rings. The first-order valence-electron chi connectivity index (χ1n) is 6.20. The Labute approximate surface area is 107 Å². The number of amides is 2. The van der Waals surface area contributed by atoms with Crippen LogP contribution in [0.3, 0.4) is 0 Å². The lowest BCUT2D eigenvalue weighted by atomic mass is 9.98. The number of methoxy groups -OCH3 is 1. The number of hydrogen-bond donors (Lipinski definition) is 1. The van der Waals surface area contributed by atoms with Gasteiger partial charge in [-0.3, -0.25) is 4.79 Å². The molecule has 1 aliphatic heterocycles. The Kier molecular flexibility index (Phi) is 5.40. The second-order valence-electron chi connectivity index (χ2n) is 4.82. The zero-order valence-electron chi connectivity index (χ0n) is 11.3. The summed E-state index contributed by atoms with van der Waals surface area (Å²) in [6, 6.07) is -0.141. The van der Waals surface area contributed by atoms with Crippen molar-refractivity contribution in [2.75, 3.05) is 33.9 Å². The first-order chi connectivity index (χ1) is 8.47. The molecule has 6 nitrogen and oxygen atoms in total. The highest BCUT2D eigenvalue weighted by Gasteiger charge is 2.30. The van der Waals surface area contributed by atoms with E-state index in [2.05, 4.69) is 0 Å². The van der Waals surface area contributed by atoms with Crippen LogP contribution in [0.5, 0.6) is 0 Å². The van der Waals surface area contributed by atoms with E-state index in [-0.39, 0.29) is 12.1 Å². The van der Waals surface area contributed by atoms with Gasteiger partial charge in [0.1, 0.15) is 0 Å². The van der Waals surface area contributed by atoms with Gasteiger partial charge in [0.15, 0.2) is 0 Å². The van der Waals surface area contributed by atoms with Crippen molar-refractivity contribution in [1.29, 1.82) is 0 Å². The van der Waals surface area contributed by atoms with E-state index in [1.54, 1.807) is 24.0 Å². The molecule has 2 amide bonds. The lowest BCUT2D eigenvalue weighted by Crippen LogP contribution is -2.50. The predicted molar refractivity (Wildman–Crippen MR) is 66.4 cm³/mol. The molecule has 1 aliphatic rings. The van der Waals surface area contributed by atoms with Crippen LogP contribution in [0.25, 0.3) is 0 Å². The summed E-state index contributed by atoms with van der Waals surface area (Å²) in [5, 5.41) is 9.00. The summed E-state index contributed by atoms with van der Waals surface area (Å²) in [6.45, 7) is 3.31. The van der Waals surface area contributed by atoms with E-state index < -0.39 is 11.9 Å². The van der Waals surface area contributed by atoms with E-state index in [0.717, 1.165) is 6.42 Å². The van der Waals surface area contributed by atoms with Crippen LogP contribution >= 0.6 is 0 Å². The number of carboxylic acid groups (broad SMARTS) is 1. The highest BCUT2D eigenvalue weighted by molar-refractivity contribution is 5.76. The molecule has 0 aliphatic carbocycles. The number of hydrogen-bond acceptors (Lipinski definition) is 3. The molecule has 0 spiro atoms. The first kappa shape index (κ1) is 14.8. The fourth-order valence-electron chi connectivity index (χ4n) is 2.12. The van der Waals surface area contributed by atoms with Crippen LogP contribution in [0.4, 0.5) is 4.79 Å². The Hall–Kier alpha value is -1.30. The van der Waals surface area contributed by atoms with Crippen LogP contribution in [-0.2, 0) is 9.53 Å².